The van der Waals surface area contributed by atoms with E-state index in [1.807, 2.05) is 24.3 Å². The van der Waals surface area contributed by atoms with Gasteiger partial charge in [0.2, 0.25) is 11.7 Å². The van der Waals surface area contributed by atoms with E-state index in [9.17, 15) is 31.5 Å². The van der Waals surface area contributed by atoms with Gasteiger partial charge in [-0.15, -0.1) is 0 Å². The van der Waals surface area contributed by atoms with Gasteiger partial charge in [0.05, 0.1) is 12.2 Å². The summed E-state index contributed by atoms with van der Waals surface area (Å²) in [7, 11) is 0. The van der Waals surface area contributed by atoms with Crippen molar-refractivity contribution < 1.29 is 41.1 Å². The molecule has 1 aliphatic carbocycles. The van der Waals surface area contributed by atoms with Crippen molar-refractivity contribution in [2.45, 2.75) is 61.9 Å². The maximum Gasteiger partial charge on any atom is 0.274 e. The summed E-state index contributed by atoms with van der Waals surface area (Å²) in [6.07, 6.45) is 5.85. The Hall–Kier alpha value is -3.55. The number of anilines is 1. The molecule has 0 radical (unpaired) electrons. The quantitative estimate of drug-likeness (QED) is 0.0706. The van der Waals surface area contributed by atoms with Crippen LogP contribution in [-0.4, -0.2) is 33.9 Å². The first-order valence-electron chi connectivity index (χ1n) is 13.7. The standard InChI is InChI=1S/C30H27F6N3O3S/c31-20-14-19(29(40)37-42)10-11-21(20)38(15-16-6-8-18(9-7-16)17-4-2-1-3-5-17)30(41)22-12-13-39(22)43-28-26(35)24(33)23(32)25(34)27(28)36/h6-11,14,17,22,42H,1-5,12-13,15H2,(H,37,40)/t22-/m1/s1. The van der Waals surface area contributed by atoms with Crippen molar-refractivity contribution in [2.24, 2.45) is 0 Å². The number of hydrogen-bond acceptors (Lipinski definition) is 5. The largest absolute Gasteiger partial charge is 0.304 e. The van der Waals surface area contributed by atoms with Crippen LogP contribution in [-0.2, 0) is 11.3 Å². The Morgan fingerprint density at radius 3 is 2.05 bits per heavy atom. The molecule has 2 N–H and O–H groups in total. The average Bonchev–Trinajstić information content (AvgIpc) is 3.01. The van der Waals surface area contributed by atoms with Gasteiger partial charge in [0, 0.05) is 12.1 Å². The molecule has 0 aromatic heterocycles. The van der Waals surface area contributed by atoms with Crippen LogP contribution in [0.5, 0.6) is 0 Å². The molecule has 1 aliphatic heterocycles. The second-order valence-electron chi connectivity index (χ2n) is 10.5. The fourth-order valence-corrected chi connectivity index (χ4v) is 6.50. The van der Waals surface area contributed by atoms with Crippen LogP contribution in [0.4, 0.5) is 32.0 Å². The van der Waals surface area contributed by atoms with Crippen molar-refractivity contribution in [3.63, 3.8) is 0 Å². The monoisotopic (exact) mass is 623 g/mol. The number of benzene rings is 3. The summed E-state index contributed by atoms with van der Waals surface area (Å²) in [6.45, 7) is -0.0215. The number of carbonyl (C=O) groups is 2. The molecule has 2 fully saturated rings. The van der Waals surface area contributed by atoms with Crippen molar-refractivity contribution >= 4 is 29.4 Å². The fourth-order valence-electron chi connectivity index (χ4n) is 5.41. The van der Waals surface area contributed by atoms with Crippen LogP contribution < -0.4 is 10.4 Å². The SMILES string of the molecule is O=C(NO)c1ccc(N(Cc2ccc(C3CCCCC3)cc2)C(=O)[C@H]2CCN2Sc2c(F)c(F)c(F)c(F)c2F)c(F)c1. The van der Waals surface area contributed by atoms with Gasteiger partial charge in [0.15, 0.2) is 23.3 Å². The van der Waals surface area contributed by atoms with Crippen molar-refractivity contribution in [3.05, 3.63) is 94.1 Å². The van der Waals surface area contributed by atoms with Crippen molar-refractivity contribution in [1.82, 2.24) is 9.79 Å². The second-order valence-corrected chi connectivity index (χ2v) is 11.6. The third kappa shape index (κ3) is 6.24. The van der Waals surface area contributed by atoms with Crippen molar-refractivity contribution in [3.8, 4) is 0 Å². The average molecular weight is 624 g/mol. The van der Waals surface area contributed by atoms with Gasteiger partial charge in [-0.2, -0.15) is 0 Å². The molecule has 0 bridgehead atoms. The minimum Gasteiger partial charge on any atom is -0.304 e. The number of halogens is 6. The van der Waals surface area contributed by atoms with E-state index in [0.29, 0.717) is 11.5 Å². The van der Waals surface area contributed by atoms with Gasteiger partial charge >= 0.3 is 0 Å². The highest BCUT2D eigenvalue weighted by Gasteiger charge is 2.40. The molecule has 1 saturated heterocycles. The molecule has 43 heavy (non-hydrogen) atoms. The fraction of sp³-hybridized carbons (Fsp3) is 0.333. The van der Waals surface area contributed by atoms with Crippen LogP contribution in [0.25, 0.3) is 0 Å². The molecule has 0 spiro atoms. The summed E-state index contributed by atoms with van der Waals surface area (Å²) in [5.74, 6) is -12.7. The molecule has 2 aliphatic rings. The van der Waals surface area contributed by atoms with Gasteiger partial charge < -0.3 is 4.90 Å². The third-order valence-corrected chi connectivity index (χ3v) is 9.11. The predicted molar refractivity (Wildman–Crippen MR) is 146 cm³/mol. The Morgan fingerprint density at radius 1 is 0.860 bits per heavy atom. The molecule has 13 heteroatoms. The molecule has 3 aromatic rings. The highest BCUT2D eigenvalue weighted by atomic mass is 32.2. The number of hydrogen-bond donors (Lipinski definition) is 2. The van der Waals surface area contributed by atoms with E-state index in [4.69, 9.17) is 5.21 Å². The lowest BCUT2D eigenvalue weighted by Crippen LogP contribution is -2.54. The molecule has 0 unspecified atom stereocenters. The molecule has 1 heterocycles. The maximum absolute atomic E-state index is 15.3. The summed E-state index contributed by atoms with van der Waals surface area (Å²) >= 11 is 0.222. The summed E-state index contributed by atoms with van der Waals surface area (Å²) in [5.41, 5.74) is 2.81. The normalized spacial score (nSPS) is 17.4. The number of rotatable bonds is 8. The van der Waals surface area contributed by atoms with Crippen LogP contribution in [0.2, 0.25) is 0 Å². The summed E-state index contributed by atoms with van der Waals surface area (Å²) in [5, 5.41) is 8.89. The number of nitrogens with one attached hydrogen (secondary N) is 1. The van der Waals surface area contributed by atoms with E-state index in [1.165, 1.54) is 28.3 Å². The molecule has 228 valence electrons. The zero-order valence-corrected chi connectivity index (χ0v) is 23.5. The lowest BCUT2D eigenvalue weighted by Gasteiger charge is -2.41. The van der Waals surface area contributed by atoms with Crippen LogP contribution in [0, 0.1) is 34.9 Å². The van der Waals surface area contributed by atoms with Gasteiger partial charge in [-0.25, -0.2) is 36.1 Å². The zero-order valence-electron chi connectivity index (χ0n) is 22.7. The maximum atomic E-state index is 15.3. The summed E-state index contributed by atoms with van der Waals surface area (Å²) in [4.78, 5) is 25.6. The smallest absolute Gasteiger partial charge is 0.274 e. The number of carbonyl (C=O) groups excluding carboxylic acids is 2. The Kier molecular flexibility index (Phi) is 9.33. The van der Waals surface area contributed by atoms with E-state index >= 15 is 4.39 Å². The number of hydroxylamine groups is 1. The van der Waals surface area contributed by atoms with E-state index in [1.54, 1.807) is 0 Å². The molecule has 6 nitrogen and oxygen atoms in total. The van der Waals surface area contributed by atoms with Crippen LogP contribution >= 0.6 is 11.9 Å². The molecular weight excluding hydrogens is 596 g/mol. The van der Waals surface area contributed by atoms with Gasteiger partial charge in [-0.1, -0.05) is 43.5 Å². The minimum absolute atomic E-state index is 0.0859. The lowest BCUT2D eigenvalue weighted by molar-refractivity contribution is -0.124. The van der Waals surface area contributed by atoms with E-state index in [-0.39, 0.29) is 42.7 Å². The minimum atomic E-state index is -2.29. The first-order chi connectivity index (χ1) is 20.6. The first kappa shape index (κ1) is 30.9. The Morgan fingerprint density at radius 2 is 1.49 bits per heavy atom. The molecule has 1 saturated carbocycles. The number of nitrogens with zero attached hydrogens (tertiary/aromatic N) is 2. The lowest BCUT2D eigenvalue weighted by atomic mass is 9.84. The summed E-state index contributed by atoms with van der Waals surface area (Å²) < 4.78 is 86.3. The molecular formula is C30H27F6N3O3S. The zero-order chi connectivity index (χ0) is 30.8. The van der Waals surface area contributed by atoms with Gasteiger partial charge in [-0.3, -0.25) is 14.8 Å². The highest BCUT2D eigenvalue weighted by molar-refractivity contribution is 7.97. The number of amides is 2. The predicted octanol–water partition coefficient (Wildman–Crippen LogP) is 7.00. The second kappa shape index (κ2) is 13.0. The van der Waals surface area contributed by atoms with Gasteiger partial charge in [0.25, 0.3) is 5.91 Å². The van der Waals surface area contributed by atoms with Crippen molar-refractivity contribution in [2.75, 3.05) is 11.4 Å². The van der Waals surface area contributed by atoms with Gasteiger partial charge in [-0.05, 0) is 66.5 Å². The van der Waals surface area contributed by atoms with Gasteiger partial charge in [0.1, 0.15) is 16.8 Å². The molecule has 2 amide bonds. The topological polar surface area (TPSA) is 72.9 Å². The molecule has 5 rings (SSSR count). The third-order valence-electron chi connectivity index (χ3n) is 7.90. The molecule has 1 atom stereocenters. The van der Waals surface area contributed by atoms with Crippen LogP contribution in [0.1, 0.15) is 65.9 Å². The van der Waals surface area contributed by atoms with E-state index in [2.05, 4.69) is 0 Å². The van der Waals surface area contributed by atoms with E-state index < -0.39 is 57.7 Å². The Balaban J connectivity index is 1.43. The molecule has 3 aromatic carbocycles. The van der Waals surface area contributed by atoms with Crippen LogP contribution in [0.15, 0.2) is 47.4 Å². The Bertz CT molecular complexity index is 1510. The Labute approximate surface area is 247 Å². The first-order valence-corrected chi connectivity index (χ1v) is 14.5. The van der Waals surface area contributed by atoms with Crippen LogP contribution in [0.3, 0.4) is 0 Å². The highest BCUT2D eigenvalue weighted by Crippen LogP contribution is 2.39. The summed E-state index contributed by atoms with van der Waals surface area (Å²) in [6, 6.07) is 9.75. The van der Waals surface area contributed by atoms with E-state index in [0.717, 1.165) is 42.2 Å². The van der Waals surface area contributed by atoms with Crippen molar-refractivity contribution in [1.29, 1.82) is 0 Å².